The van der Waals surface area contributed by atoms with Crippen molar-refractivity contribution in [2.45, 2.75) is 50.1 Å². The van der Waals surface area contributed by atoms with E-state index in [4.69, 9.17) is 4.74 Å². The predicted molar refractivity (Wildman–Crippen MR) is 134 cm³/mol. The number of hydrogen-bond acceptors (Lipinski definition) is 4. The fourth-order valence-corrected chi connectivity index (χ4v) is 5.03. The molecule has 0 saturated carbocycles. The Morgan fingerprint density at radius 3 is 2.15 bits per heavy atom. The van der Waals surface area contributed by atoms with Gasteiger partial charge in [-0.05, 0) is 68.0 Å². The highest BCUT2D eigenvalue weighted by Gasteiger charge is 2.27. The van der Waals surface area contributed by atoms with Crippen molar-refractivity contribution in [1.82, 2.24) is 10.0 Å². The molecule has 0 spiro atoms. The Balaban J connectivity index is 1.74. The number of carbonyl (C=O) groups excluding carboxylic acids is 1. The summed E-state index contributed by atoms with van der Waals surface area (Å²) in [6.07, 6.45) is 1.81. The first-order valence-corrected chi connectivity index (χ1v) is 12.8. The van der Waals surface area contributed by atoms with Gasteiger partial charge >= 0.3 is 0 Å². The Morgan fingerprint density at radius 2 is 1.56 bits per heavy atom. The van der Waals surface area contributed by atoms with E-state index in [1.54, 1.807) is 19.1 Å². The van der Waals surface area contributed by atoms with Gasteiger partial charge in [-0.25, -0.2) is 8.42 Å². The van der Waals surface area contributed by atoms with Crippen LogP contribution in [0, 0.1) is 6.92 Å². The highest BCUT2D eigenvalue weighted by molar-refractivity contribution is 7.89. The lowest BCUT2D eigenvalue weighted by molar-refractivity contribution is -0.123. The van der Waals surface area contributed by atoms with Gasteiger partial charge in [0.05, 0.1) is 12.0 Å². The van der Waals surface area contributed by atoms with E-state index >= 15 is 0 Å². The van der Waals surface area contributed by atoms with Crippen molar-refractivity contribution < 1.29 is 17.9 Å². The zero-order valence-electron chi connectivity index (χ0n) is 19.8. The third-order valence-corrected chi connectivity index (χ3v) is 7.14. The summed E-state index contributed by atoms with van der Waals surface area (Å²) in [6.45, 7) is 3.71. The third kappa shape index (κ3) is 7.17. The molecule has 0 aliphatic rings. The first kappa shape index (κ1) is 25.5. The van der Waals surface area contributed by atoms with Crippen molar-refractivity contribution in [1.29, 1.82) is 0 Å². The second-order valence-corrected chi connectivity index (χ2v) is 10.1. The smallest absolute Gasteiger partial charge is 0.241 e. The van der Waals surface area contributed by atoms with E-state index in [1.165, 1.54) is 18.7 Å². The van der Waals surface area contributed by atoms with Crippen LogP contribution in [0.4, 0.5) is 0 Å². The van der Waals surface area contributed by atoms with Gasteiger partial charge in [-0.15, -0.1) is 0 Å². The van der Waals surface area contributed by atoms with Gasteiger partial charge in [0.15, 0.2) is 0 Å². The molecule has 0 fully saturated rings. The van der Waals surface area contributed by atoms with Crippen LogP contribution in [-0.2, 0) is 27.7 Å². The molecule has 0 aliphatic heterocycles. The van der Waals surface area contributed by atoms with Gasteiger partial charge < -0.3 is 10.1 Å². The van der Waals surface area contributed by atoms with Gasteiger partial charge in [-0.2, -0.15) is 4.72 Å². The Kier molecular flexibility index (Phi) is 8.85. The maximum Gasteiger partial charge on any atom is 0.241 e. The minimum Gasteiger partial charge on any atom is -0.496 e. The van der Waals surface area contributed by atoms with Gasteiger partial charge in [-0.3, -0.25) is 4.79 Å². The normalized spacial score (nSPS) is 13.1. The summed E-state index contributed by atoms with van der Waals surface area (Å²) in [5.41, 5.74) is 2.76. The topological polar surface area (TPSA) is 84.5 Å². The number of sulfonamides is 1. The largest absolute Gasteiger partial charge is 0.496 e. The maximum atomic E-state index is 13.2. The van der Waals surface area contributed by atoms with E-state index < -0.39 is 16.1 Å². The molecular weight excluding hydrogens is 448 g/mol. The zero-order chi connectivity index (χ0) is 24.6. The molecule has 2 unspecified atom stereocenters. The van der Waals surface area contributed by atoms with E-state index in [9.17, 15) is 13.2 Å². The number of rotatable bonds is 11. The minimum absolute atomic E-state index is 0.0915. The molecule has 2 N–H and O–H groups in total. The lowest BCUT2D eigenvalue weighted by Gasteiger charge is -2.22. The van der Waals surface area contributed by atoms with Gasteiger partial charge in [0, 0.05) is 6.04 Å². The molecule has 3 rings (SSSR count). The van der Waals surface area contributed by atoms with Gasteiger partial charge in [0.2, 0.25) is 15.9 Å². The summed E-state index contributed by atoms with van der Waals surface area (Å²) in [7, 11) is -2.39. The number of amides is 1. The SMILES string of the molecule is COc1ccc(S(=O)(=O)NC(Cc2ccccc2)C(=O)NC(C)CCc2ccccc2)cc1C. The Bertz CT molecular complexity index is 1180. The zero-order valence-corrected chi connectivity index (χ0v) is 20.6. The predicted octanol–water partition coefficient (Wildman–Crippen LogP) is 4.03. The fraction of sp³-hybridized carbons (Fsp3) is 0.296. The number of ether oxygens (including phenoxy) is 1. The van der Waals surface area contributed by atoms with Crippen LogP contribution in [0.3, 0.4) is 0 Å². The minimum atomic E-state index is -3.93. The van der Waals surface area contributed by atoms with E-state index in [-0.39, 0.29) is 23.3 Å². The molecule has 6 nitrogen and oxygen atoms in total. The maximum absolute atomic E-state index is 13.2. The van der Waals surface area contributed by atoms with Gasteiger partial charge in [-0.1, -0.05) is 60.7 Å². The molecule has 0 aromatic heterocycles. The Hall–Kier alpha value is -3.16. The van der Waals surface area contributed by atoms with Crippen molar-refractivity contribution in [2.75, 3.05) is 7.11 Å². The Labute approximate surface area is 202 Å². The molecule has 0 heterocycles. The van der Waals surface area contributed by atoms with Crippen LogP contribution >= 0.6 is 0 Å². The molecule has 3 aromatic rings. The van der Waals surface area contributed by atoms with Crippen molar-refractivity contribution in [3.05, 3.63) is 95.6 Å². The van der Waals surface area contributed by atoms with Crippen LogP contribution in [-0.4, -0.2) is 33.5 Å². The number of carbonyl (C=O) groups is 1. The summed E-state index contributed by atoms with van der Waals surface area (Å²) in [5, 5.41) is 2.99. The number of hydrogen-bond donors (Lipinski definition) is 2. The van der Waals surface area contributed by atoms with Crippen LogP contribution in [0.2, 0.25) is 0 Å². The first-order chi connectivity index (χ1) is 16.3. The van der Waals surface area contributed by atoms with Crippen LogP contribution in [0.5, 0.6) is 5.75 Å². The van der Waals surface area contributed by atoms with Crippen molar-refractivity contribution >= 4 is 15.9 Å². The van der Waals surface area contributed by atoms with Crippen molar-refractivity contribution in [2.24, 2.45) is 0 Å². The summed E-state index contributed by atoms with van der Waals surface area (Å²) in [5.74, 6) is 0.253. The van der Waals surface area contributed by atoms with Crippen molar-refractivity contribution in [3.8, 4) is 5.75 Å². The van der Waals surface area contributed by atoms with Crippen LogP contribution < -0.4 is 14.8 Å². The number of benzene rings is 3. The molecule has 0 radical (unpaired) electrons. The van der Waals surface area contributed by atoms with E-state index in [2.05, 4.69) is 22.2 Å². The molecule has 3 aromatic carbocycles. The van der Waals surface area contributed by atoms with Crippen LogP contribution in [0.25, 0.3) is 0 Å². The summed E-state index contributed by atoms with van der Waals surface area (Å²) in [4.78, 5) is 13.3. The standard InChI is InChI=1S/C27H32N2O4S/c1-20-18-24(16-17-26(20)33-3)34(31,32)29-25(19-23-12-8-5-9-13-23)27(30)28-21(2)14-15-22-10-6-4-7-11-22/h4-13,16-18,21,25,29H,14-15,19H2,1-3H3,(H,28,30). The molecule has 180 valence electrons. The lowest BCUT2D eigenvalue weighted by atomic mass is 10.0. The summed E-state index contributed by atoms with van der Waals surface area (Å²) < 4.78 is 34.2. The summed E-state index contributed by atoms with van der Waals surface area (Å²) in [6, 6.07) is 23.0. The van der Waals surface area contributed by atoms with Crippen LogP contribution in [0.1, 0.15) is 30.0 Å². The number of methoxy groups -OCH3 is 1. The molecule has 2 atom stereocenters. The fourth-order valence-electron chi connectivity index (χ4n) is 3.75. The molecule has 0 bridgehead atoms. The molecule has 0 aliphatic carbocycles. The summed E-state index contributed by atoms with van der Waals surface area (Å²) >= 11 is 0. The lowest BCUT2D eigenvalue weighted by Crippen LogP contribution is -2.50. The van der Waals surface area contributed by atoms with E-state index in [0.29, 0.717) is 11.3 Å². The second kappa shape index (κ2) is 11.8. The quantitative estimate of drug-likeness (QED) is 0.434. The second-order valence-electron chi connectivity index (χ2n) is 8.43. The highest BCUT2D eigenvalue weighted by atomic mass is 32.2. The number of aryl methyl sites for hydroxylation is 2. The van der Waals surface area contributed by atoms with E-state index in [0.717, 1.165) is 18.4 Å². The van der Waals surface area contributed by atoms with E-state index in [1.807, 2.05) is 55.5 Å². The average molecular weight is 481 g/mol. The number of nitrogens with one attached hydrogen (secondary N) is 2. The molecule has 7 heteroatoms. The first-order valence-electron chi connectivity index (χ1n) is 11.3. The molecule has 34 heavy (non-hydrogen) atoms. The van der Waals surface area contributed by atoms with Crippen molar-refractivity contribution in [3.63, 3.8) is 0 Å². The van der Waals surface area contributed by atoms with Crippen LogP contribution in [0.15, 0.2) is 83.8 Å². The third-order valence-electron chi connectivity index (χ3n) is 5.67. The Morgan fingerprint density at radius 1 is 0.941 bits per heavy atom. The molecular formula is C27H32N2O4S. The molecule has 1 amide bonds. The van der Waals surface area contributed by atoms with Gasteiger partial charge in [0.25, 0.3) is 0 Å². The molecule has 0 saturated heterocycles. The monoisotopic (exact) mass is 480 g/mol. The average Bonchev–Trinajstić information content (AvgIpc) is 2.83. The van der Waals surface area contributed by atoms with Gasteiger partial charge in [0.1, 0.15) is 11.8 Å². The highest BCUT2D eigenvalue weighted by Crippen LogP contribution is 2.21.